The van der Waals surface area contributed by atoms with E-state index in [-0.39, 0.29) is 18.2 Å². The zero-order valence-electron chi connectivity index (χ0n) is 13.9. The predicted octanol–water partition coefficient (Wildman–Crippen LogP) is 3.29. The van der Waals surface area contributed by atoms with Crippen molar-refractivity contribution in [1.82, 2.24) is 4.90 Å². The minimum atomic E-state index is -0.102. The standard InChI is InChI=1S/C20H20ClN3O/c21-15-5-6-19(14(9-15)11-22)25-20-17-4-2-1-3-13(17)10-18(20)24-8-7-16(23)12-24/h1-6,9,16,18,20H,7-8,10,12,23H2/t16?,18-,20-/m1/s1. The maximum atomic E-state index is 9.41. The molecule has 3 atom stereocenters. The molecular weight excluding hydrogens is 334 g/mol. The number of fused-ring (bicyclic) bond motifs is 1. The summed E-state index contributed by atoms with van der Waals surface area (Å²) in [6.07, 6.45) is 1.86. The minimum Gasteiger partial charge on any atom is -0.483 e. The number of ether oxygens (including phenoxy) is 1. The van der Waals surface area contributed by atoms with Gasteiger partial charge in [-0.1, -0.05) is 35.9 Å². The Hall–Kier alpha value is -2.06. The van der Waals surface area contributed by atoms with Gasteiger partial charge in [-0.05, 0) is 42.2 Å². The number of benzene rings is 2. The molecule has 1 heterocycles. The van der Waals surface area contributed by atoms with E-state index in [0.29, 0.717) is 16.3 Å². The van der Waals surface area contributed by atoms with Gasteiger partial charge < -0.3 is 10.5 Å². The number of hydrogen-bond donors (Lipinski definition) is 1. The van der Waals surface area contributed by atoms with E-state index in [1.165, 1.54) is 11.1 Å². The Labute approximate surface area is 152 Å². The molecule has 4 rings (SSSR count). The van der Waals surface area contributed by atoms with Crippen LogP contribution in [-0.4, -0.2) is 30.1 Å². The first-order valence-electron chi connectivity index (χ1n) is 8.59. The molecule has 1 saturated heterocycles. The average Bonchev–Trinajstić information content (AvgIpc) is 3.20. The fraction of sp³-hybridized carbons (Fsp3) is 0.350. The first-order chi connectivity index (χ1) is 12.2. The van der Waals surface area contributed by atoms with E-state index in [4.69, 9.17) is 22.1 Å². The molecular formula is C20H20ClN3O. The first-order valence-corrected chi connectivity index (χ1v) is 8.97. The maximum Gasteiger partial charge on any atom is 0.140 e. The van der Waals surface area contributed by atoms with E-state index in [9.17, 15) is 5.26 Å². The van der Waals surface area contributed by atoms with Gasteiger partial charge in [0.25, 0.3) is 0 Å². The summed E-state index contributed by atoms with van der Waals surface area (Å²) in [7, 11) is 0. The summed E-state index contributed by atoms with van der Waals surface area (Å²) >= 11 is 6.01. The van der Waals surface area contributed by atoms with Crippen LogP contribution < -0.4 is 10.5 Å². The highest BCUT2D eigenvalue weighted by Crippen LogP contribution is 2.39. The van der Waals surface area contributed by atoms with Crippen molar-refractivity contribution in [1.29, 1.82) is 5.26 Å². The molecule has 0 aromatic heterocycles. The molecule has 1 unspecified atom stereocenters. The lowest BCUT2D eigenvalue weighted by Gasteiger charge is -2.30. The van der Waals surface area contributed by atoms with Gasteiger partial charge in [-0.15, -0.1) is 0 Å². The van der Waals surface area contributed by atoms with Crippen LogP contribution in [-0.2, 0) is 6.42 Å². The number of nitrogens with two attached hydrogens (primary N) is 1. The van der Waals surface area contributed by atoms with Crippen molar-refractivity contribution < 1.29 is 4.74 Å². The topological polar surface area (TPSA) is 62.3 Å². The van der Waals surface area contributed by atoms with Gasteiger partial charge in [0.1, 0.15) is 17.9 Å². The molecule has 128 valence electrons. The van der Waals surface area contributed by atoms with Gasteiger partial charge >= 0.3 is 0 Å². The summed E-state index contributed by atoms with van der Waals surface area (Å²) < 4.78 is 6.38. The lowest BCUT2D eigenvalue weighted by atomic mass is 10.1. The van der Waals surface area contributed by atoms with Crippen molar-refractivity contribution in [2.24, 2.45) is 5.73 Å². The Bertz CT molecular complexity index is 832. The quantitative estimate of drug-likeness (QED) is 0.919. The molecule has 0 saturated carbocycles. The van der Waals surface area contributed by atoms with Crippen LogP contribution in [0, 0.1) is 11.3 Å². The van der Waals surface area contributed by atoms with Crippen molar-refractivity contribution >= 4 is 11.6 Å². The highest BCUT2D eigenvalue weighted by molar-refractivity contribution is 6.30. The molecule has 0 bridgehead atoms. The summed E-state index contributed by atoms with van der Waals surface area (Å²) in [4.78, 5) is 2.43. The van der Waals surface area contributed by atoms with E-state index in [1.54, 1.807) is 18.2 Å². The third kappa shape index (κ3) is 3.11. The summed E-state index contributed by atoms with van der Waals surface area (Å²) in [6, 6.07) is 16.3. The predicted molar refractivity (Wildman–Crippen MR) is 97.6 cm³/mol. The molecule has 2 aromatic carbocycles. The number of rotatable bonds is 3. The van der Waals surface area contributed by atoms with Crippen LogP contribution >= 0.6 is 11.6 Å². The third-order valence-electron chi connectivity index (χ3n) is 5.18. The van der Waals surface area contributed by atoms with E-state index in [1.807, 2.05) is 6.07 Å². The van der Waals surface area contributed by atoms with Gasteiger partial charge in [0.15, 0.2) is 0 Å². The lowest BCUT2D eigenvalue weighted by molar-refractivity contribution is 0.0930. The van der Waals surface area contributed by atoms with Gasteiger partial charge in [0, 0.05) is 24.2 Å². The molecule has 2 N–H and O–H groups in total. The van der Waals surface area contributed by atoms with Gasteiger partial charge in [-0.3, -0.25) is 4.90 Å². The smallest absolute Gasteiger partial charge is 0.140 e. The second-order valence-electron chi connectivity index (χ2n) is 6.80. The second kappa shape index (κ2) is 6.68. The summed E-state index contributed by atoms with van der Waals surface area (Å²) in [6.45, 7) is 1.88. The monoisotopic (exact) mass is 353 g/mol. The van der Waals surface area contributed by atoms with E-state index in [2.05, 4.69) is 29.2 Å². The molecule has 0 spiro atoms. The van der Waals surface area contributed by atoms with Crippen molar-refractivity contribution in [3.8, 4) is 11.8 Å². The van der Waals surface area contributed by atoms with Crippen LogP contribution in [0.4, 0.5) is 0 Å². The Morgan fingerprint density at radius 2 is 2.08 bits per heavy atom. The number of nitriles is 1. The third-order valence-corrected chi connectivity index (χ3v) is 5.42. The molecule has 25 heavy (non-hydrogen) atoms. The number of nitrogens with zero attached hydrogens (tertiary/aromatic N) is 2. The number of likely N-dealkylation sites (tertiary alicyclic amines) is 1. The van der Waals surface area contributed by atoms with Crippen molar-refractivity contribution in [3.05, 3.63) is 64.2 Å². The molecule has 1 fully saturated rings. The molecule has 1 aliphatic carbocycles. The van der Waals surface area contributed by atoms with Gasteiger partial charge in [0.2, 0.25) is 0 Å². The van der Waals surface area contributed by atoms with Gasteiger partial charge in [0.05, 0.1) is 11.6 Å². The summed E-state index contributed by atoms with van der Waals surface area (Å²) in [5.74, 6) is 0.585. The Balaban J connectivity index is 1.68. The van der Waals surface area contributed by atoms with Crippen LogP contribution in [0.5, 0.6) is 5.75 Å². The summed E-state index contributed by atoms with van der Waals surface area (Å²) in [5.41, 5.74) is 9.10. The van der Waals surface area contributed by atoms with Crippen molar-refractivity contribution in [2.75, 3.05) is 13.1 Å². The molecule has 1 aliphatic heterocycles. The first kappa shape index (κ1) is 16.4. The zero-order valence-corrected chi connectivity index (χ0v) is 14.6. The Morgan fingerprint density at radius 3 is 2.84 bits per heavy atom. The number of halogens is 1. The molecule has 2 aromatic rings. The molecule has 2 aliphatic rings. The van der Waals surface area contributed by atoms with Crippen LogP contribution in [0.2, 0.25) is 5.02 Å². The molecule has 0 radical (unpaired) electrons. The van der Waals surface area contributed by atoms with Gasteiger partial charge in [-0.25, -0.2) is 0 Å². The fourth-order valence-electron chi connectivity index (χ4n) is 3.95. The lowest BCUT2D eigenvalue weighted by Crippen LogP contribution is -2.40. The molecule has 0 amide bonds. The van der Waals surface area contributed by atoms with Crippen LogP contribution in [0.3, 0.4) is 0 Å². The Morgan fingerprint density at radius 1 is 1.24 bits per heavy atom. The normalized spacial score (nSPS) is 25.6. The van der Waals surface area contributed by atoms with Crippen molar-refractivity contribution in [2.45, 2.75) is 31.0 Å². The summed E-state index contributed by atoms with van der Waals surface area (Å²) in [5, 5.41) is 9.95. The number of hydrogen-bond acceptors (Lipinski definition) is 4. The van der Waals surface area contributed by atoms with E-state index in [0.717, 1.165) is 25.9 Å². The largest absolute Gasteiger partial charge is 0.483 e. The van der Waals surface area contributed by atoms with Crippen LogP contribution in [0.1, 0.15) is 29.2 Å². The van der Waals surface area contributed by atoms with Crippen molar-refractivity contribution in [3.63, 3.8) is 0 Å². The molecule has 4 nitrogen and oxygen atoms in total. The molecule has 5 heteroatoms. The second-order valence-corrected chi connectivity index (χ2v) is 7.24. The zero-order chi connectivity index (χ0) is 17.4. The Kier molecular flexibility index (Phi) is 4.39. The van der Waals surface area contributed by atoms with Crippen LogP contribution in [0.15, 0.2) is 42.5 Å². The maximum absolute atomic E-state index is 9.41. The SMILES string of the molecule is N#Cc1cc(Cl)ccc1O[C@@H]1c2ccccc2C[C@H]1N1CCC(N)C1. The van der Waals surface area contributed by atoms with Crippen LogP contribution in [0.25, 0.3) is 0 Å². The minimum absolute atomic E-state index is 0.102. The average molecular weight is 354 g/mol. The van der Waals surface area contributed by atoms with Gasteiger partial charge in [-0.2, -0.15) is 5.26 Å². The fourth-order valence-corrected chi connectivity index (χ4v) is 4.12. The van der Waals surface area contributed by atoms with E-state index < -0.39 is 0 Å². The highest BCUT2D eigenvalue weighted by Gasteiger charge is 2.40. The van der Waals surface area contributed by atoms with E-state index >= 15 is 0 Å². The highest BCUT2D eigenvalue weighted by atomic mass is 35.5.